The number of anilines is 1. The molecule has 1 aromatic heterocycles. The lowest BCUT2D eigenvalue weighted by molar-refractivity contribution is -0.113. The van der Waals surface area contributed by atoms with Gasteiger partial charge in [0.15, 0.2) is 11.0 Å². The predicted octanol–water partition coefficient (Wildman–Crippen LogP) is 6.08. The zero-order valence-electron chi connectivity index (χ0n) is 20.4. The summed E-state index contributed by atoms with van der Waals surface area (Å²) in [6, 6.07) is 10.3. The van der Waals surface area contributed by atoms with E-state index in [1.807, 2.05) is 51.3 Å². The van der Waals surface area contributed by atoms with Gasteiger partial charge in [-0.3, -0.25) is 9.59 Å². The first-order chi connectivity index (χ1) is 16.6. The minimum Gasteiger partial charge on any atom is -0.342 e. The SMILES string of the molecule is CCn1c(SCC(=O)Nc2cc(C)cc(C)c2)nnc1[C@H](NC(=O)c1ccc(Cl)c(Cl)c1)C(C)C. The first kappa shape index (κ1) is 27.0. The normalized spacial score (nSPS) is 12.0. The number of carbonyl (C=O) groups is 2. The summed E-state index contributed by atoms with van der Waals surface area (Å²) in [5.41, 5.74) is 3.36. The van der Waals surface area contributed by atoms with Crippen molar-refractivity contribution < 1.29 is 9.59 Å². The van der Waals surface area contributed by atoms with Gasteiger partial charge in [0.2, 0.25) is 5.91 Å². The van der Waals surface area contributed by atoms with Crippen LogP contribution in [0.2, 0.25) is 10.0 Å². The number of hydrogen-bond acceptors (Lipinski definition) is 5. The van der Waals surface area contributed by atoms with Gasteiger partial charge in [-0.15, -0.1) is 10.2 Å². The maximum absolute atomic E-state index is 12.9. The van der Waals surface area contributed by atoms with Gasteiger partial charge in [-0.05, 0) is 68.1 Å². The molecule has 0 unspecified atom stereocenters. The van der Waals surface area contributed by atoms with E-state index in [0.717, 1.165) is 16.8 Å². The van der Waals surface area contributed by atoms with Crippen LogP contribution in [-0.4, -0.2) is 32.3 Å². The number of benzene rings is 2. The molecule has 0 saturated carbocycles. The van der Waals surface area contributed by atoms with Crippen molar-refractivity contribution in [2.24, 2.45) is 5.92 Å². The van der Waals surface area contributed by atoms with Crippen molar-refractivity contribution in [2.45, 2.75) is 52.4 Å². The van der Waals surface area contributed by atoms with E-state index in [-0.39, 0.29) is 29.5 Å². The highest BCUT2D eigenvalue weighted by molar-refractivity contribution is 7.99. The largest absolute Gasteiger partial charge is 0.342 e. The summed E-state index contributed by atoms with van der Waals surface area (Å²) in [6.45, 7) is 10.6. The van der Waals surface area contributed by atoms with E-state index in [0.29, 0.717) is 33.1 Å². The fraction of sp³-hybridized carbons (Fsp3) is 0.360. The van der Waals surface area contributed by atoms with E-state index < -0.39 is 0 Å². The Morgan fingerprint density at radius 3 is 2.31 bits per heavy atom. The van der Waals surface area contributed by atoms with Crippen molar-refractivity contribution in [2.75, 3.05) is 11.1 Å². The fourth-order valence-corrected chi connectivity index (χ4v) is 4.81. The molecule has 1 atom stereocenters. The van der Waals surface area contributed by atoms with Gasteiger partial charge in [0.05, 0.1) is 21.8 Å². The van der Waals surface area contributed by atoms with Crippen molar-refractivity contribution in [1.29, 1.82) is 0 Å². The monoisotopic (exact) mass is 533 g/mol. The Hall–Kier alpha value is -2.55. The molecule has 1 heterocycles. The maximum atomic E-state index is 12.9. The second-order valence-electron chi connectivity index (χ2n) is 8.62. The lowest BCUT2D eigenvalue weighted by atomic mass is 10.0. The molecule has 0 saturated heterocycles. The topological polar surface area (TPSA) is 88.9 Å². The summed E-state index contributed by atoms with van der Waals surface area (Å²) in [6.07, 6.45) is 0. The third kappa shape index (κ3) is 6.99. The first-order valence-electron chi connectivity index (χ1n) is 11.3. The molecule has 0 spiro atoms. The molecule has 3 rings (SSSR count). The number of aryl methyl sites for hydroxylation is 2. The van der Waals surface area contributed by atoms with Crippen LogP contribution in [-0.2, 0) is 11.3 Å². The molecule has 7 nitrogen and oxygen atoms in total. The van der Waals surface area contributed by atoms with Gasteiger partial charge in [-0.25, -0.2) is 0 Å². The fourth-order valence-electron chi connectivity index (χ4n) is 3.70. The van der Waals surface area contributed by atoms with Crippen LogP contribution in [0.4, 0.5) is 5.69 Å². The summed E-state index contributed by atoms with van der Waals surface area (Å²) < 4.78 is 1.93. The van der Waals surface area contributed by atoms with Crippen LogP contribution in [0.5, 0.6) is 0 Å². The zero-order chi connectivity index (χ0) is 25.7. The predicted molar refractivity (Wildman–Crippen MR) is 142 cm³/mol. The summed E-state index contributed by atoms with van der Waals surface area (Å²) >= 11 is 13.4. The molecule has 2 N–H and O–H groups in total. The Labute approximate surface area is 220 Å². The Bertz CT molecular complexity index is 1210. The van der Waals surface area contributed by atoms with Crippen molar-refractivity contribution in [1.82, 2.24) is 20.1 Å². The van der Waals surface area contributed by atoms with Crippen molar-refractivity contribution in [3.63, 3.8) is 0 Å². The van der Waals surface area contributed by atoms with Crippen LogP contribution >= 0.6 is 35.0 Å². The summed E-state index contributed by atoms with van der Waals surface area (Å²) in [5.74, 6) is 0.457. The van der Waals surface area contributed by atoms with Crippen LogP contribution < -0.4 is 10.6 Å². The van der Waals surface area contributed by atoms with Crippen LogP contribution in [0.1, 0.15) is 54.1 Å². The number of nitrogens with zero attached hydrogens (tertiary/aromatic N) is 3. The van der Waals surface area contributed by atoms with Gasteiger partial charge >= 0.3 is 0 Å². The van der Waals surface area contributed by atoms with E-state index in [1.165, 1.54) is 17.8 Å². The number of rotatable bonds is 9. The van der Waals surface area contributed by atoms with Crippen LogP contribution in [0.25, 0.3) is 0 Å². The number of hydrogen-bond donors (Lipinski definition) is 2. The van der Waals surface area contributed by atoms with Crippen molar-refractivity contribution >= 4 is 52.5 Å². The van der Waals surface area contributed by atoms with Crippen LogP contribution in [0.15, 0.2) is 41.6 Å². The van der Waals surface area contributed by atoms with E-state index in [2.05, 4.69) is 26.9 Å². The highest BCUT2D eigenvalue weighted by Crippen LogP contribution is 2.27. The second-order valence-corrected chi connectivity index (χ2v) is 10.4. The number of nitrogens with one attached hydrogen (secondary N) is 2. The number of carbonyl (C=O) groups excluding carboxylic acids is 2. The summed E-state index contributed by atoms with van der Waals surface area (Å²) in [4.78, 5) is 25.5. The molecule has 0 aliphatic carbocycles. The highest BCUT2D eigenvalue weighted by atomic mass is 35.5. The van der Waals surface area contributed by atoms with E-state index >= 15 is 0 Å². The van der Waals surface area contributed by atoms with Gasteiger partial charge in [0.1, 0.15) is 0 Å². The third-order valence-electron chi connectivity index (χ3n) is 5.31. The minimum atomic E-state index is -0.386. The molecular formula is C25H29Cl2N5O2S. The Morgan fingerprint density at radius 1 is 1.03 bits per heavy atom. The first-order valence-corrected chi connectivity index (χ1v) is 13.0. The molecule has 35 heavy (non-hydrogen) atoms. The number of aromatic nitrogens is 3. The average Bonchev–Trinajstić information content (AvgIpc) is 3.19. The molecule has 2 amide bonds. The van der Waals surface area contributed by atoms with Gasteiger partial charge in [-0.1, -0.05) is 54.9 Å². The zero-order valence-corrected chi connectivity index (χ0v) is 22.7. The van der Waals surface area contributed by atoms with Gasteiger partial charge in [0, 0.05) is 17.8 Å². The Kier molecular flexibility index (Phi) is 9.21. The van der Waals surface area contributed by atoms with Gasteiger partial charge in [0.25, 0.3) is 5.91 Å². The summed E-state index contributed by atoms with van der Waals surface area (Å²) in [5, 5.41) is 16.0. The van der Waals surface area contributed by atoms with Crippen molar-refractivity contribution in [3.8, 4) is 0 Å². The highest BCUT2D eigenvalue weighted by Gasteiger charge is 2.26. The standard InChI is InChI=1S/C25H29Cl2N5O2S/c1-6-32-23(22(14(2)3)29-24(34)17-7-8-19(26)20(27)12-17)30-31-25(32)35-13-21(33)28-18-10-15(4)9-16(5)11-18/h7-12,14,22H,6,13H2,1-5H3,(H,28,33)(H,29,34)/t22-/m1/s1. The lowest BCUT2D eigenvalue weighted by Crippen LogP contribution is -2.33. The molecule has 0 bridgehead atoms. The molecule has 0 aliphatic heterocycles. The molecule has 186 valence electrons. The van der Waals surface area contributed by atoms with Gasteiger partial charge < -0.3 is 15.2 Å². The maximum Gasteiger partial charge on any atom is 0.251 e. The Balaban J connectivity index is 1.72. The minimum absolute atomic E-state index is 0.0435. The van der Waals surface area contributed by atoms with Gasteiger partial charge in [-0.2, -0.15) is 0 Å². The van der Waals surface area contributed by atoms with Crippen LogP contribution in [0.3, 0.4) is 0 Å². The lowest BCUT2D eigenvalue weighted by Gasteiger charge is -2.22. The molecule has 0 fully saturated rings. The summed E-state index contributed by atoms with van der Waals surface area (Å²) in [7, 11) is 0. The second kappa shape index (κ2) is 11.9. The van der Waals surface area contributed by atoms with Crippen molar-refractivity contribution in [3.05, 3.63) is 69.0 Å². The average molecular weight is 535 g/mol. The number of halogens is 2. The Morgan fingerprint density at radius 2 is 1.71 bits per heavy atom. The molecule has 3 aromatic rings. The van der Waals surface area contributed by atoms with E-state index in [4.69, 9.17) is 23.2 Å². The number of thioether (sulfide) groups is 1. The van der Waals surface area contributed by atoms with Crippen LogP contribution in [0, 0.1) is 19.8 Å². The smallest absolute Gasteiger partial charge is 0.251 e. The molecule has 10 heteroatoms. The van der Waals surface area contributed by atoms with E-state index in [9.17, 15) is 9.59 Å². The number of amides is 2. The molecular weight excluding hydrogens is 505 g/mol. The van der Waals surface area contributed by atoms with E-state index in [1.54, 1.807) is 12.1 Å². The molecule has 0 aliphatic rings. The quantitative estimate of drug-likeness (QED) is 0.325. The molecule has 0 radical (unpaired) electrons. The third-order valence-corrected chi connectivity index (χ3v) is 7.02. The molecule has 2 aromatic carbocycles.